The number of nitrogens with zero attached hydrogens (tertiary/aromatic N) is 4. The lowest BCUT2D eigenvalue weighted by molar-refractivity contribution is 0.412. The van der Waals surface area contributed by atoms with Gasteiger partial charge in [0.1, 0.15) is 17.4 Å². The van der Waals surface area contributed by atoms with E-state index in [0.29, 0.717) is 0 Å². The molecule has 1 fully saturated rings. The van der Waals surface area contributed by atoms with Crippen molar-refractivity contribution in [1.82, 2.24) is 19.9 Å². The second kappa shape index (κ2) is 9.40. The Labute approximate surface area is 201 Å². The molecule has 5 nitrogen and oxygen atoms in total. The summed E-state index contributed by atoms with van der Waals surface area (Å²) in [6, 6.07) is 19.7. The van der Waals surface area contributed by atoms with Gasteiger partial charge in [-0.05, 0) is 67.1 Å². The summed E-state index contributed by atoms with van der Waals surface area (Å²) in [5.74, 6) is 1.06. The Morgan fingerprint density at radius 2 is 1.91 bits per heavy atom. The van der Waals surface area contributed by atoms with Crippen LogP contribution in [-0.4, -0.2) is 21.1 Å². The Hall–Kier alpha value is -3.49. The van der Waals surface area contributed by atoms with Gasteiger partial charge in [0.2, 0.25) is 0 Å². The van der Waals surface area contributed by atoms with E-state index in [1.807, 2.05) is 6.92 Å². The van der Waals surface area contributed by atoms with Crippen LogP contribution in [0.25, 0.3) is 22.3 Å². The Morgan fingerprint density at radius 1 is 1.09 bits per heavy atom. The van der Waals surface area contributed by atoms with E-state index in [2.05, 4.69) is 78.3 Å². The molecule has 2 aromatic carbocycles. The van der Waals surface area contributed by atoms with Crippen molar-refractivity contribution in [2.45, 2.75) is 59.0 Å². The maximum absolute atomic E-state index is 10.0. The van der Waals surface area contributed by atoms with Gasteiger partial charge in [0.15, 0.2) is 5.65 Å². The average Bonchev–Trinajstić information content (AvgIpc) is 3.22. The molecular weight excluding hydrogens is 418 g/mol. The van der Waals surface area contributed by atoms with Gasteiger partial charge in [-0.2, -0.15) is 5.26 Å². The first-order chi connectivity index (χ1) is 16.6. The first kappa shape index (κ1) is 22.3. The maximum Gasteiger partial charge on any atom is 0.160 e. The Balaban J connectivity index is 1.47. The smallest absolute Gasteiger partial charge is 0.160 e. The van der Waals surface area contributed by atoms with Crippen molar-refractivity contribution in [3.63, 3.8) is 0 Å². The van der Waals surface area contributed by atoms with Crippen LogP contribution >= 0.6 is 0 Å². The summed E-state index contributed by atoms with van der Waals surface area (Å²) in [4.78, 5) is 9.67. The number of aromatic nitrogens is 3. The molecule has 34 heavy (non-hydrogen) atoms. The quantitative estimate of drug-likeness (QED) is 0.405. The van der Waals surface area contributed by atoms with Gasteiger partial charge in [0, 0.05) is 18.2 Å². The largest absolute Gasteiger partial charge is 0.310 e. The van der Waals surface area contributed by atoms with Crippen molar-refractivity contribution >= 4 is 11.2 Å². The lowest BCUT2D eigenvalue weighted by atomic mass is 9.89. The highest BCUT2D eigenvalue weighted by Crippen LogP contribution is 2.32. The molecule has 172 valence electrons. The number of hydrogen-bond donors (Lipinski definition) is 1. The number of benzene rings is 2. The molecule has 1 aliphatic rings. The number of piperidine rings is 1. The van der Waals surface area contributed by atoms with Crippen LogP contribution < -0.4 is 5.32 Å². The molecule has 1 saturated heterocycles. The van der Waals surface area contributed by atoms with Crippen molar-refractivity contribution < 1.29 is 0 Å². The zero-order valence-electron chi connectivity index (χ0n) is 20.2. The fourth-order valence-corrected chi connectivity index (χ4v) is 5.20. The molecule has 0 aliphatic carbocycles. The third-order valence-corrected chi connectivity index (χ3v) is 6.92. The summed E-state index contributed by atoms with van der Waals surface area (Å²) in [5.41, 5.74) is 9.33. The number of aryl methyl sites for hydroxylation is 3. The molecule has 0 amide bonds. The predicted octanol–water partition coefficient (Wildman–Crippen LogP) is 6.01. The van der Waals surface area contributed by atoms with Gasteiger partial charge in [0.25, 0.3) is 0 Å². The highest BCUT2D eigenvalue weighted by atomic mass is 15.1. The van der Waals surface area contributed by atoms with E-state index in [1.165, 1.54) is 24.0 Å². The van der Waals surface area contributed by atoms with Gasteiger partial charge in [-0.25, -0.2) is 9.97 Å². The molecular formula is C29H31N5. The minimum Gasteiger partial charge on any atom is -0.310 e. The summed E-state index contributed by atoms with van der Waals surface area (Å²) < 4.78 is 2.24. The highest BCUT2D eigenvalue weighted by molar-refractivity contribution is 5.76. The normalized spacial score (nSPS) is 16.0. The van der Waals surface area contributed by atoms with E-state index < -0.39 is 0 Å². The molecule has 1 unspecified atom stereocenters. The lowest BCUT2D eigenvalue weighted by Crippen LogP contribution is -2.27. The average molecular weight is 450 g/mol. The molecule has 5 heteroatoms. The summed E-state index contributed by atoms with van der Waals surface area (Å²) >= 11 is 0. The summed E-state index contributed by atoms with van der Waals surface area (Å²) in [6.45, 7) is 8.03. The van der Waals surface area contributed by atoms with Gasteiger partial charge in [-0.15, -0.1) is 0 Å². The van der Waals surface area contributed by atoms with Crippen molar-refractivity contribution in [2.75, 3.05) is 6.54 Å². The van der Waals surface area contributed by atoms with Gasteiger partial charge in [0.05, 0.1) is 12.1 Å². The molecule has 0 bridgehead atoms. The van der Waals surface area contributed by atoms with Gasteiger partial charge >= 0.3 is 0 Å². The summed E-state index contributed by atoms with van der Waals surface area (Å²) in [5, 5.41) is 13.6. The van der Waals surface area contributed by atoms with E-state index >= 15 is 0 Å². The second-order valence-corrected chi connectivity index (χ2v) is 9.30. The first-order valence-corrected chi connectivity index (χ1v) is 12.3. The van der Waals surface area contributed by atoms with E-state index in [9.17, 15) is 5.26 Å². The minimum absolute atomic E-state index is 0.268. The number of nitrogens with one attached hydrogen (secondary N) is 1. The number of nitriles is 1. The topological polar surface area (TPSA) is 66.5 Å². The van der Waals surface area contributed by atoms with E-state index in [1.54, 1.807) is 0 Å². The van der Waals surface area contributed by atoms with Gasteiger partial charge < -0.3 is 9.88 Å². The van der Waals surface area contributed by atoms with E-state index in [-0.39, 0.29) is 6.04 Å². The summed E-state index contributed by atoms with van der Waals surface area (Å²) in [6.07, 6.45) is 4.36. The van der Waals surface area contributed by atoms with Gasteiger partial charge in [-0.3, -0.25) is 0 Å². The number of rotatable bonds is 5. The lowest BCUT2D eigenvalue weighted by Gasteiger charge is -2.25. The molecule has 4 aromatic rings. The third kappa shape index (κ3) is 4.10. The van der Waals surface area contributed by atoms with Crippen LogP contribution in [0.4, 0.5) is 0 Å². The Bertz CT molecular complexity index is 1370. The number of fused-ring (bicyclic) bond motifs is 1. The van der Waals surface area contributed by atoms with Gasteiger partial charge in [-0.1, -0.05) is 55.8 Å². The fraction of sp³-hybridized carbons (Fsp3) is 0.345. The van der Waals surface area contributed by atoms with Crippen LogP contribution in [0.3, 0.4) is 0 Å². The second-order valence-electron chi connectivity index (χ2n) is 9.30. The van der Waals surface area contributed by atoms with E-state index in [0.717, 1.165) is 70.9 Å². The zero-order chi connectivity index (χ0) is 23.7. The molecule has 1 atom stereocenters. The van der Waals surface area contributed by atoms with Crippen molar-refractivity contribution in [1.29, 1.82) is 5.26 Å². The highest BCUT2D eigenvalue weighted by Gasteiger charge is 2.20. The van der Waals surface area contributed by atoms with Crippen LogP contribution in [0.15, 0.2) is 48.5 Å². The van der Waals surface area contributed by atoms with Crippen molar-refractivity contribution in [3.8, 4) is 17.2 Å². The summed E-state index contributed by atoms with van der Waals surface area (Å²) in [7, 11) is 0. The Kier molecular flexibility index (Phi) is 6.17. The predicted molar refractivity (Wildman–Crippen MR) is 137 cm³/mol. The molecule has 1 aliphatic heterocycles. The minimum atomic E-state index is 0.268. The molecule has 0 spiro atoms. The third-order valence-electron chi connectivity index (χ3n) is 6.92. The standard InChI is InChI=1S/C29H31N5/c1-4-27-33-28-19(2)16-20(3)32-29(28)34(27)18-21-11-13-22(14-12-21)23-8-7-9-24(25(23)17-30)26-10-5-6-15-31-26/h7-9,11-14,16,26,31H,4-6,10,15,18H2,1-3H3. The van der Waals surface area contributed by atoms with Crippen LogP contribution in [-0.2, 0) is 13.0 Å². The molecule has 0 saturated carbocycles. The van der Waals surface area contributed by atoms with Crippen LogP contribution in [0, 0.1) is 25.2 Å². The molecule has 1 N–H and O–H groups in total. The zero-order valence-corrected chi connectivity index (χ0v) is 20.2. The van der Waals surface area contributed by atoms with Crippen LogP contribution in [0.2, 0.25) is 0 Å². The molecule has 3 heterocycles. The first-order valence-electron chi connectivity index (χ1n) is 12.3. The number of hydrogen-bond acceptors (Lipinski definition) is 4. The van der Waals surface area contributed by atoms with Crippen LogP contribution in [0.1, 0.15) is 66.0 Å². The number of pyridine rings is 1. The van der Waals surface area contributed by atoms with E-state index in [4.69, 9.17) is 9.97 Å². The fourth-order valence-electron chi connectivity index (χ4n) is 5.20. The SMILES string of the molecule is CCc1nc2c(C)cc(C)nc2n1Cc1ccc(-c2cccc(C3CCCCN3)c2C#N)cc1. The Morgan fingerprint density at radius 3 is 2.62 bits per heavy atom. The van der Waals surface area contributed by atoms with Crippen LogP contribution in [0.5, 0.6) is 0 Å². The molecule has 5 rings (SSSR count). The van der Waals surface area contributed by atoms with Crippen molar-refractivity contribution in [2.24, 2.45) is 0 Å². The monoisotopic (exact) mass is 449 g/mol. The maximum atomic E-state index is 10.0. The molecule has 2 aromatic heterocycles. The number of imidazole rings is 1. The molecule has 0 radical (unpaired) electrons. The van der Waals surface area contributed by atoms with Crippen molar-refractivity contribution in [3.05, 3.63) is 82.3 Å².